The molecule has 1 radical (unpaired) electrons. The molecular formula is C24H23O. The minimum Gasteiger partial charge on any atom is -0.462 e. The Balaban J connectivity index is 1.93. The third-order valence-electron chi connectivity index (χ3n) is 5.06. The summed E-state index contributed by atoms with van der Waals surface area (Å²) in [6.45, 7) is 10.7. The second-order valence-corrected chi connectivity index (χ2v) is 7.23. The van der Waals surface area contributed by atoms with Gasteiger partial charge in [-0.2, -0.15) is 0 Å². The largest absolute Gasteiger partial charge is 0.462 e. The number of hydrogen-bond acceptors (Lipinski definition) is 1. The zero-order valence-electron chi connectivity index (χ0n) is 15.5. The zero-order valence-corrected chi connectivity index (χ0v) is 15.5. The molecular weight excluding hydrogens is 304 g/mol. The summed E-state index contributed by atoms with van der Waals surface area (Å²) in [5, 5.41) is 0. The van der Waals surface area contributed by atoms with Crippen molar-refractivity contribution >= 4 is 11.6 Å². The maximum absolute atomic E-state index is 5.84. The van der Waals surface area contributed by atoms with Gasteiger partial charge in [-0.05, 0) is 86.2 Å². The number of benzene rings is 2. The molecule has 0 aliphatic heterocycles. The number of hydrogen-bond donors (Lipinski definition) is 0. The lowest BCUT2D eigenvalue weighted by atomic mass is 9.88. The van der Waals surface area contributed by atoms with E-state index in [1.54, 1.807) is 0 Å². The van der Waals surface area contributed by atoms with E-state index in [0.29, 0.717) is 0 Å². The van der Waals surface area contributed by atoms with Crippen LogP contribution in [0.1, 0.15) is 44.9 Å². The third kappa shape index (κ3) is 2.74. The first kappa shape index (κ1) is 16.0. The fourth-order valence-corrected chi connectivity index (χ4v) is 3.83. The smallest absolute Gasteiger partial charge is 0.130 e. The predicted octanol–water partition coefficient (Wildman–Crippen LogP) is 6.60. The lowest BCUT2D eigenvalue weighted by Crippen LogP contribution is -1.95. The molecule has 0 atom stereocenters. The van der Waals surface area contributed by atoms with Crippen LogP contribution in [0.2, 0.25) is 0 Å². The van der Waals surface area contributed by atoms with E-state index in [0.717, 1.165) is 17.1 Å². The highest BCUT2D eigenvalue weighted by Gasteiger charge is 2.22. The molecule has 1 aliphatic carbocycles. The maximum atomic E-state index is 5.84. The van der Waals surface area contributed by atoms with Gasteiger partial charge in [-0.3, -0.25) is 0 Å². The number of furan rings is 1. The van der Waals surface area contributed by atoms with Gasteiger partial charge >= 0.3 is 0 Å². The van der Waals surface area contributed by atoms with Crippen molar-refractivity contribution in [2.45, 2.75) is 34.6 Å². The molecule has 0 saturated carbocycles. The summed E-state index contributed by atoms with van der Waals surface area (Å²) in [6, 6.07) is 13.2. The first-order chi connectivity index (χ1) is 11.9. The van der Waals surface area contributed by atoms with Gasteiger partial charge in [-0.1, -0.05) is 35.4 Å². The molecule has 0 amide bonds. The Labute approximate surface area is 150 Å². The van der Waals surface area contributed by atoms with E-state index in [9.17, 15) is 0 Å². The monoisotopic (exact) mass is 327 g/mol. The summed E-state index contributed by atoms with van der Waals surface area (Å²) < 4.78 is 5.84. The Morgan fingerprint density at radius 1 is 0.800 bits per heavy atom. The van der Waals surface area contributed by atoms with Gasteiger partial charge in [0.15, 0.2) is 0 Å². The maximum Gasteiger partial charge on any atom is 0.130 e. The van der Waals surface area contributed by atoms with Gasteiger partial charge in [0.1, 0.15) is 11.5 Å². The van der Waals surface area contributed by atoms with Gasteiger partial charge in [-0.15, -0.1) is 0 Å². The van der Waals surface area contributed by atoms with Crippen molar-refractivity contribution < 1.29 is 4.42 Å². The SMILES string of the molecule is Cc1cc(C)cc(-c2c(C)c(C)cc3c2C=C(c2ccc(C)o2)[CH]3)c1. The summed E-state index contributed by atoms with van der Waals surface area (Å²) in [4.78, 5) is 0. The van der Waals surface area contributed by atoms with Crippen LogP contribution in [0.4, 0.5) is 0 Å². The number of aryl methyl sites for hydroxylation is 4. The number of rotatable bonds is 2. The Hall–Kier alpha value is -2.54. The molecule has 0 saturated heterocycles. The average molecular weight is 327 g/mol. The molecule has 0 unspecified atom stereocenters. The molecule has 0 N–H and O–H groups in total. The van der Waals surface area contributed by atoms with Crippen LogP contribution in [0.3, 0.4) is 0 Å². The van der Waals surface area contributed by atoms with E-state index < -0.39 is 0 Å². The Kier molecular flexibility index (Phi) is 3.68. The van der Waals surface area contributed by atoms with Gasteiger partial charge in [0.05, 0.1) is 0 Å². The molecule has 0 fully saturated rings. The normalized spacial score (nSPS) is 13.1. The lowest BCUT2D eigenvalue weighted by molar-refractivity contribution is 0.522. The van der Waals surface area contributed by atoms with Crippen molar-refractivity contribution in [2.24, 2.45) is 0 Å². The molecule has 1 aromatic heterocycles. The highest BCUT2D eigenvalue weighted by atomic mass is 16.3. The van der Waals surface area contributed by atoms with Crippen LogP contribution in [0.25, 0.3) is 22.8 Å². The van der Waals surface area contributed by atoms with Crippen molar-refractivity contribution in [3.63, 3.8) is 0 Å². The van der Waals surface area contributed by atoms with Crippen LogP contribution >= 0.6 is 0 Å². The van der Waals surface area contributed by atoms with Crippen LogP contribution in [-0.4, -0.2) is 0 Å². The van der Waals surface area contributed by atoms with E-state index >= 15 is 0 Å². The summed E-state index contributed by atoms with van der Waals surface area (Å²) in [7, 11) is 0. The van der Waals surface area contributed by atoms with Crippen LogP contribution in [0.5, 0.6) is 0 Å². The van der Waals surface area contributed by atoms with Gasteiger partial charge < -0.3 is 4.42 Å². The quantitative estimate of drug-likeness (QED) is 0.517. The Bertz CT molecular complexity index is 995. The second-order valence-electron chi connectivity index (χ2n) is 7.23. The van der Waals surface area contributed by atoms with Gasteiger partial charge in [0, 0.05) is 12.0 Å². The average Bonchev–Trinajstić information content (AvgIpc) is 3.13. The Morgan fingerprint density at radius 2 is 1.52 bits per heavy atom. The molecule has 1 aliphatic rings. The van der Waals surface area contributed by atoms with E-state index in [-0.39, 0.29) is 0 Å². The van der Waals surface area contributed by atoms with Crippen molar-refractivity contribution in [3.8, 4) is 11.1 Å². The Morgan fingerprint density at radius 3 is 2.16 bits per heavy atom. The van der Waals surface area contributed by atoms with Gasteiger partial charge in [-0.25, -0.2) is 0 Å². The molecule has 1 nitrogen and oxygen atoms in total. The van der Waals surface area contributed by atoms with Crippen LogP contribution in [-0.2, 0) is 0 Å². The molecule has 25 heavy (non-hydrogen) atoms. The molecule has 2 aromatic carbocycles. The molecule has 0 spiro atoms. The van der Waals surface area contributed by atoms with Gasteiger partial charge in [0.25, 0.3) is 0 Å². The van der Waals surface area contributed by atoms with Crippen molar-refractivity contribution in [1.82, 2.24) is 0 Å². The molecule has 0 bridgehead atoms. The van der Waals surface area contributed by atoms with E-state index in [4.69, 9.17) is 4.42 Å². The minimum atomic E-state index is 0.940. The first-order valence-electron chi connectivity index (χ1n) is 8.78. The topological polar surface area (TPSA) is 13.1 Å². The lowest BCUT2D eigenvalue weighted by Gasteiger charge is -2.16. The molecule has 125 valence electrons. The van der Waals surface area contributed by atoms with Gasteiger partial charge in [0.2, 0.25) is 0 Å². The standard InChI is InChI=1S/C24H23O/c1-14-8-15(2)10-21(9-14)24-18(5)16(3)11-19-12-20(13-22(19)24)23-7-6-17(4)25-23/h6-13H,1-5H3. The zero-order chi connectivity index (χ0) is 17.7. The second kappa shape index (κ2) is 5.77. The van der Waals surface area contributed by atoms with Crippen molar-refractivity contribution in [2.75, 3.05) is 0 Å². The summed E-state index contributed by atoms with van der Waals surface area (Å²) in [6.07, 6.45) is 4.51. The van der Waals surface area contributed by atoms with Crippen molar-refractivity contribution in [1.29, 1.82) is 0 Å². The molecule has 3 aromatic rings. The van der Waals surface area contributed by atoms with Crippen LogP contribution in [0.15, 0.2) is 40.8 Å². The van der Waals surface area contributed by atoms with Crippen LogP contribution < -0.4 is 0 Å². The summed E-state index contributed by atoms with van der Waals surface area (Å²) in [5.74, 6) is 1.89. The van der Waals surface area contributed by atoms with E-state index in [1.165, 1.54) is 44.5 Å². The van der Waals surface area contributed by atoms with E-state index in [1.807, 2.05) is 13.0 Å². The number of fused-ring (bicyclic) bond motifs is 1. The fourth-order valence-electron chi connectivity index (χ4n) is 3.83. The van der Waals surface area contributed by atoms with E-state index in [2.05, 4.69) is 70.5 Å². The number of allylic oxidation sites excluding steroid dienone is 1. The van der Waals surface area contributed by atoms with Crippen LogP contribution in [0, 0.1) is 41.0 Å². The third-order valence-corrected chi connectivity index (χ3v) is 5.06. The fraction of sp³-hybridized carbons (Fsp3) is 0.208. The summed E-state index contributed by atoms with van der Waals surface area (Å²) >= 11 is 0. The molecule has 1 heteroatoms. The highest BCUT2D eigenvalue weighted by molar-refractivity contribution is 5.98. The highest BCUT2D eigenvalue weighted by Crippen LogP contribution is 2.42. The summed E-state index contributed by atoms with van der Waals surface area (Å²) in [5.41, 5.74) is 11.7. The predicted molar refractivity (Wildman–Crippen MR) is 106 cm³/mol. The first-order valence-corrected chi connectivity index (χ1v) is 8.78. The molecule has 4 rings (SSSR count). The van der Waals surface area contributed by atoms with Crippen molar-refractivity contribution in [3.05, 3.63) is 87.7 Å². The molecule has 1 heterocycles. The minimum absolute atomic E-state index is 0.940.